The van der Waals surface area contributed by atoms with Crippen LogP contribution in [-0.4, -0.2) is 6.54 Å². The SMILES string of the molecule is CCNC(Cc1cccc(Cl)c1F)c1ccc(C)cc1Cl. The molecule has 0 aliphatic heterocycles. The fourth-order valence-electron chi connectivity index (χ4n) is 2.38. The highest BCUT2D eigenvalue weighted by molar-refractivity contribution is 6.31. The zero-order chi connectivity index (χ0) is 15.4. The molecule has 1 nitrogen and oxygen atoms in total. The van der Waals surface area contributed by atoms with E-state index >= 15 is 0 Å². The van der Waals surface area contributed by atoms with Crippen molar-refractivity contribution in [1.82, 2.24) is 5.32 Å². The molecule has 1 unspecified atom stereocenters. The molecule has 0 aromatic heterocycles. The Hall–Kier alpha value is -1.09. The number of rotatable bonds is 5. The van der Waals surface area contributed by atoms with Gasteiger partial charge in [-0.1, -0.05) is 54.4 Å². The van der Waals surface area contributed by atoms with Crippen LogP contribution in [0.15, 0.2) is 36.4 Å². The van der Waals surface area contributed by atoms with Gasteiger partial charge in [-0.25, -0.2) is 4.39 Å². The fourth-order valence-corrected chi connectivity index (χ4v) is 2.94. The minimum atomic E-state index is -0.356. The Labute approximate surface area is 135 Å². The third kappa shape index (κ3) is 3.97. The van der Waals surface area contributed by atoms with Crippen LogP contribution in [0.1, 0.15) is 29.7 Å². The maximum atomic E-state index is 14.1. The Morgan fingerprint density at radius 3 is 2.57 bits per heavy atom. The zero-order valence-corrected chi connectivity index (χ0v) is 13.6. The van der Waals surface area contributed by atoms with Crippen LogP contribution < -0.4 is 5.32 Å². The van der Waals surface area contributed by atoms with E-state index in [1.807, 2.05) is 32.0 Å². The van der Waals surface area contributed by atoms with Crippen LogP contribution in [0.25, 0.3) is 0 Å². The van der Waals surface area contributed by atoms with Crippen molar-refractivity contribution < 1.29 is 4.39 Å². The number of likely N-dealkylation sites (N-methyl/N-ethyl adjacent to an activating group) is 1. The lowest BCUT2D eigenvalue weighted by atomic mass is 9.97. The molecule has 0 heterocycles. The highest BCUT2D eigenvalue weighted by atomic mass is 35.5. The van der Waals surface area contributed by atoms with Crippen LogP contribution in [0.5, 0.6) is 0 Å². The molecular weight excluding hydrogens is 308 g/mol. The minimum absolute atomic E-state index is 0.0453. The standard InChI is InChI=1S/C17H18Cl2FN/c1-3-21-16(13-8-7-11(2)9-15(13)19)10-12-5-4-6-14(18)17(12)20/h4-9,16,21H,3,10H2,1-2H3. The second kappa shape index (κ2) is 7.26. The summed E-state index contributed by atoms with van der Waals surface area (Å²) < 4.78 is 14.1. The van der Waals surface area contributed by atoms with Crippen molar-refractivity contribution in [1.29, 1.82) is 0 Å². The van der Waals surface area contributed by atoms with Crippen molar-refractivity contribution in [3.05, 3.63) is 69.0 Å². The normalized spacial score (nSPS) is 12.4. The van der Waals surface area contributed by atoms with Gasteiger partial charge in [-0.2, -0.15) is 0 Å². The molecule has 1 N–H and O–H groups in total. The first-order chi connectivity index (χ1) is 10.0. The van der Waals surface area contributed by atoms with E-state index in [0.717, 1.165) is 17.7 Å². The summed E-state index contributed by atoms with van der Waals surface area (Å²) in [5.74, 6) is -0.356. The molecular formula is C17H18Cl2FN. The summed E-state index contributed by atoms with van der Waals surface area (Å²) in [4.78, 5) is 0. The van der Waals surface area contributed by atoms with E-state index in [-0.39, 0.29) is 16.9 Å². The summed E-state index contributed by atoms with van der Waals surface area (Å²) in [7, 11) is 0. The molecule has 0 fully saturated rings. The Morgan fingerprint density at radius 2 is 1.90 bits per heavy atom. The molecule has 0 amide bonds. The first kappa shape index (κ1) is 16.3. The van der Waals surface area contributed by atoms with Gasteiger partial charge in [-0.15, -0.1) is 0 Å². The van der Waals surface area contributed by atoms with Crippen LogP contribution in [0.4, 0.5) is 4.39 Å². The van der Waals surface area contributed by atoms with Crippen molar-refractivity contribution in [3.8, 4) is 0 Å². The molecule has 0 saturated heterocycles. The predicted octanol–water partition coefficient (Wildman–Crippen LogP) is 5.33. The van der Waals surface area contributed by atoms with Crippen LogP contribution >= 0.6 is 23.2 Å². The van der Waals surface area contributed by atoms with Crippen molar-refractivity contribution >= 4 is 23.2 Å². The first-order valence-electron chi connectivity index (χ1n) is 6.95. The topological polar surface area (TPSA) is 12.0 Å². The summed E-state index contributed by atoms with van der Waals surface area (Å²) >= 11 is 12.2. The predicted molar refractivity (Wildman–Crippen MR) is 87.7 cm³/mol. The number of halogens is 3. The highest BCUT2D eigenvalue weighted by Gasteiger charge is 2.17. The Balaban J connectivity index is 2.33. The van der Waals surface area contributed by atoms with Gasteiger partial charge < -0.3 is 5.32 Å². The average Bonchev–Trinajstić information content (AvgIpc) is 2.43. The zero-order valence-electron chi connectivity index (χ0n) is 12.1. The first-order valence-corrected chi connectivity index (χ1v) is 7.70. The molecule has 0 radical (unpaired) electrons. The van der Waals surface area contributed by atoms with Crippen molar-refractivity contribution in [2.75, 3.05) is 6.54 Å². The minimum Gasteiger partial charge on any atom is -0.310 e. The summed E-state index contributed by atoms with van der Waals surface area (Å²) in [6.45, 7) is 4.79. The summed E-state index contributed by atoms with van der Waals surface area (Å²) in [6, 6.07) is 11.0. The maximum absolute atomic E-state index is 14.1. The van der Waals surface area contributed by atoms with E-state index in [1.165, 1.54) is 0 Å². The second-order valence-electron chi connectivity index (χ2n) is 5.05. The second-order valence-corrected chi connectivity index (χ2v) is 5.87. The largest absolute Gasteiger partial charge is 0.310 e. The lowest BCUT2D eigenvalue weighted by Crippen LogP contribution is -2.23. The maximum Gasteiger partial charge on any atom is 0.145 e. The summed E-state index contributed by atoms with van der Waals surface area (Å²) in [5, 5.41) is 4.21. The molecule has 0 spiro atoms. The molecule has 0 saturated carbocycles. The van der Waals surface area contributed by atoms with E-state index in [4.69, 9.17) is 23.2 Å². The van der Waals surface area contributed by atoms with Crippen molar-refractivity contribution in [2.45, 2.75) is 26.3 Å². The number of hydrogen-bond donors (Lipinski definition) is 1. The molecule has 4 heteroatoms. The summed E-state index contributed by atoms with van der Waals surface area (Å²) in [6.07, 6.45) is 0.503. The van der Waals surface area contributed by atoms with Gasteiger partial charge in [-0.3, -0.25) is 0 Å². The quantitative estimate of drug-likeness (QED) is 0.782. The van der Waals surface area contributed by atoms with Gasteiger partial charge >= 0.3 is 0 Å². The van der Waals surface area contributed by atoms with Crippen LogP contribution in [0.2, 0.25) is 10.0 Å². The molecule has 2 rings (SSSR count). The molecule has 21 heavy (non-hydrogen) atoms. The van der Waals surface area contributed by atoms with Gasteiger partial charge in [0.2, 0.25) is 0 Å². The van der Waals surface area contributed by atoms with Crippen LogP contribution in [0, 0.1) is 12.7 Å². The molecule has 112 valence electrons. The molecule has 0 aliphatic rings. The molecule has 0 aliphatic carbocycles. The van der Waals surface area contributed by atoms with Crippen LogP contribution in [0.3, 0.4) is 0 Å². The van der Waals surface area contributed by atoms with E-state index in [2.05, 4.69) is 5.32 Å². The van der Waals surface area contributed by atoms with Gasteiger partial charge in [-0.05, 0) is 48.7 Å². The smallest absolute Gasteiger partial charge is 0.145 e. The number of nitrogens with one attached hydrogen (secondary N) is 1. The fraction of sp³-hybridized carbons (Fsp3) is 0.294. The lowest BCUT2D eigenvalue weighted by molar-refractivity contribution is 0.528. The molecule has 2 aromatic carbocycles. The number of hydrogen-bond acceptors (Lipinski definition) is 1. The number of benzene rings is 2. The van der Waals surface area contributed by atoms with Crippen LogP contribution in [-0.2, 0) is 6.42 Å². The Kier molecular flexibility index (Phi) is 5.63. The van der Waals surface area contributed by atoms with Gasteiger partial charge in [0.15, 0.2) is 0 Å². The van der Waals surface area contributed by atoms with Crippen molar-refractivity contribution in [3.63, 3.8) is 0 Å². The number of aryl methyl sites for hydroxylation is 1. The highest BCUT2D eigenvalue weighted by Crippen LogP contribution is 2.28. The molecule has 0 bridgehead atoms. The van der Waals surface area contributed by atoms with E-state index in [9.17, 15) is 4.39 Å². The lowest BCUT2D eigenvalue weighted by Gasteiger charge is -2.20. The van der Waals surface area contributed by atoms with Gasteiger partial charge in [0, 0.05) is 11.1 Å². The van der Waals surface area contributed by atoms with Gasteiger partial charge in [0.25, 0.3) is 0 Å². The van der Waals surface area contributed by atoms with E-state index in [0.29, 0.717) is 17.0 Å². The Bertz CT molecular complexity index is 628. The van der Waals surface area contributed by atoms with Gasteiger partial charge in [0.1, 0.15) is 5.82 Å². The monoisotopic (exact) mass is 325 g/mol. The third-order valence-electron chi connectivity index (χ3n) is 3.44. The van der Waals surface area contributed by atoms with E-state index < -0.39 is 0 Å². The molecule has 1 atom stereocenters. The average molecular weight is 326 g/mol. The molecule has 2 aromatic rings. The third-order valence-corrected chi connectivity index (χ3v) is 4.06. The Morgan fingerprint density at radius 1 is 1.14 bits per heavy atom. The van der Waals surface area contributed by atoms with E-state index in [1.54, 1.807) is 18.2 Å². The van der Waals surface area contributed by atoms with Crippen molar-refractivity contribution in [2.24, 2.45) is 0 Å². The van der Waals surface area contributed by atoms with Gasteiger partial charge in [0.05, 0.1) is 5.02 Å². The summed E-state index contributed by atoms with van der Waals surface area (Å²) in [5.41, 5.74) is 2.67.